The number of rotatable bonds is 17. The molecule has 1 amide bonds. The summed E-state index contributed by atoms with van der Waals surface area (Å²) in [6.45, 7) is 5.77. The van der Waals surface area contributed by atoms with Gasteiger partial charge in [0.05, 0.1) is 0 Å². The average Bonchev–Trinajstić information content (AvgIpc) is 2.72. The summed E-state index contributed by atoms with van der Waals surface area (Å²) in [6.07, 6.45) is 16.0. The molecule has 0 fully saturated rings. The number of ketones is 1. The van der Waals surface area contributed by atoms with Gasteiger partial charge in [-0.15, -0.1) is 0 Å². The number of allylic oxidation sites excluding steroid dienone is 5. The van der Waals surface area contributed by atoms with Gasteiger partial charge in [0.1, 0.15) is 12.1 Å². The second-order valence-corrected chi connectivity index (χ2v) is 7.49. The lowest BCUT2D eigenvalue weighted by Gasteiger charge is -2.20. The van der Waals surface area contributed by atoms with Crippen molar-refractivity contribution >= 4 is 17.7 Å². The zero-order valence-electron chi connectivity index (χ0n) is 18.7. The molecule has 0 saturated heterocycles. The summed E-state index contributed by atoms with van der Waals surface area (Å²) >= 11 is 0. The summed E-state index contributed by atoms with van der Waals surface area (Å²) in [5.41, 5.74) is 0. The van der Waals surface area contributed by atoms with Crippen molar-refractivity contribution in [2.75, 3.05) is 0 Å². The molecule has 0 radical (unpaired) electrons. The van der Waals surface area contributed by atoms with Crippen LogP contribution in [-0.4, -0.2) is 40.0 Å². The molecule has 0 rings (SSSR count). The van der Waals surface area contributed by atoms with Crippen LogP contribution in [0.1, 0.15) is 78.6 Å². The molecule has 3 atom stereocenters. The SMILES string of the molecule is CCC=CCC=CCC(O)C(=O)CC=CCCCCC(=O)N[C@H](C(=O)O)[C@@H](C)CC. The Labute approximate surface area is 181 Å². The van der Waals surface area contributed by atoms with E-state index in [0.717, 1.165) is 25.7 Å². The fourth-order valence-electron chi connectivity index (χ4n) is 2.72. The van der Waals surface area contributed by atoms with E-state index >= 15 is 0 Å². The number of aliphatic hydroxyl groups is 1. The minimum Gasteiger partial charge on any atom is -0.480 e. The van der Waals surface area contributed by atoms with Gasteiger partial charge in [0.2, 0.25) is 5.91 Å². The van der Waals surface area contributed by atoms with E-state index in [1.807, 2.05) is 38.2 Å². The minimum absolute atomic E-state index is 0.115. The van der Waals surface area contributed by atoms with Crippen molar-refractivity contribution in [3.63, 3.8) is 0 Å². The van der Waals surface area contributed by atoms with Gasteiger partial charge in [0, 0.05) is 12.8 Å². The summed E-state index contributed by atoms with van der Waals surface area (Å²) in [7, 11) is 0. The molecule has 0 aromatic carbocycles. The number of carboxylic acid groups (broad SMARTS) is 1. The second-order valence-electron chi connectivity index (χ2n) is 7.49. The number of aliphatic carboxylic acids is 1. The number of amides is 1. The number of hydrogen-bond acceptors (Lipinski definition) is 4. The summed E-state index contributed by atoms with van der Waals surface area (Å²) in [5, 5.41) is 21.6. The lowest BCUT2D eigenvalue weighted by atomic mass is 9.99. The number of nitrogens with one attached hydrogen (secondary N) is 1. The van der Waals surface area contributed by atoms with Crippen LogP contribution in [0.5, 0.6) is 0 Å². The molecule has 0 saturated carbocycles. The third-order valence-electron chi connectivity index (χ3n) is 4.88. The highest BCUT2D eigenvalue weighted by atomic mass is 16.4. The Balaban J connectivity index is 3.97. The van der Waals surface area contributed by atoms with Crippen molar-refractivity contribution in [1.29, 1.82) is 0 Å². The number of aliphatic hydroxyl groups excluding tert-OH is 1. The Morgan fingerprint density at radius 2 is 1.67 bits per heavy atom. The maximum absolute atomic E-state index is 11.9. The van der Waals surface area contributed by atoms with Crippen LogP contribution in [0.25, 0.3) is 0 Å². The molecule has 0 bridgehead atoms. The van der Waals surface area contributed by atoms with E-state index in [0.29, 0.717) is 19.3 Å². The molecule has 0 heterocycles. The van der Waals surface area contributed by atoms with Gasteiger partial charge >= 0.3 is 5.97 Å². The van der Waals surface area contributed by atoms with Gasteiger partial charge in [0.25, 0.3) is 0 Å². The Morgan fingerprint density at radius 3 is 2.30 bits per heavy atom. The maximum Gasteiger partial charge on any atom is 0.326 e. The first-order valence-electron chi connectivity index (χ1n) is 11.0. The second kappa shape index (κ2) is 17.6. The van der Waals surface area contributed by atoms with Gasteiger partial charge in [0.15, 0.2) is 5.78 Å². The number of carboxylic acids is 1. The van der Waals surface area contributed by atoms with Crippen molar-refractivity contribution in [2.24, 2.45) is 5.92 Å². The lowest BCUT2D eigenvalue weighted by molar-refractivity contribution is -0.143. The number of carbonyl (C=O) groups excluding carboxylic acids is 2. The van der Waals surface area contributed by atoms with Gasteiger partial charge in [-0.3, -0.25) is 9.59 Å². The van der Waals surface area contributed by atoms with Crippen LogP contribution >= 0.6 is 0 Å². The van der Waals surface area contributed by atoms with Crippen LogP contribution < -0.4 is 5.32 Å². The molecule has 0 aromatic rings. The van der Waals surface area contributed by atoms with Crippen molar-refractivity contribution < 1.29 is 24.6 Å². The molecule has 0 aliphatic heterocycles. The molecule has 170 valence electrons. The highest BCUT2D eigenvalue weighted by molar-refractivity contribution is 5.84. The first-order valence-corrected chi connectivity index (χ1v) is 11.0. The third kappa shape index (κ3) is 13.9. The first kappa shape index (κ1) is 27.8. The van der Waals surface area contributed by atoms with E-state index < -0.39 is 18.1 Å². The number of Topliss-reactive ketones (excluding diaryl/α,β-unsaturated/α-hetero) is 1. The van der Waals surface area contributed by atoms with Crippen LogP contribution in [0.4, 0.5) is 0 Å². The molecular formula is C24H39NO5. The first-order chi connectivity index (χ1) is 14.3. The van der Waals surface area contributed by atoms with Crippen LogP contribution in [0.3, 0.4) is 0 Å². The summed E-state index contributed by atoms with van der Waals surface area (Å²) in [6, 6.07) is -0.845. The maximum atomic E-state index is 11.9. The molecule has 0 aliphatic carbocycles. The van der Waals surface area contributed by atoms with Gasteiger partial charge in [-0.1, -0.05) is 63.6 Å². The van der Waals surface area contributed by atoms with E-state index in [1.54, 1.807) is 6.08 Å². The van der Waals surface area contributed by atoms with Crippen LogP contribution in [-0.2, 0) is 14.4 Å². The summed E-state index contributed by atoms with van der Waals surface area (Å²) in [5.74, 6) is -1.57. The average molecular weight is 422 g/mol. The van der Waals surface area contributed by atoms with Crippen molar-refractivity contribution in [3.05, 3.63) is 36.5 Å². The Morgan fingerprint density at radius 1 is 0.967 bits per heavy atom. The molecule has 1 unspecified atom stereocenters. The quantitative estimate of drug-likeness (QED) is 0.239. The fourth-order valence-corrected chi connectivity index (χ4v) is 2.72. The molecule has 3 N–H and O–H groups in total. The predicted octanol–water partition coefficient (Wildman–Crippen LogP) is 4.34. The molecule has 0 aromatic heterocycles. The van der Waals surface area contributed by atoms with Crippen LogP contribution in [0.15, 0.2) is 36.5 Å². The smallest absolute Gasteiger partial charge is 0.326 e. The van der Waals surface area contributed by atoms with Gasteiger partial charge in [-0.25, -0.2) is 4.79 Å². The van der Waals surface area contributed by atoms with Crippen molar-refractivity contribution in [2.45, 2.75) is 90.7 Å². The molecular weight excluding hydrogens is 382 g/mol. The number of hydrogen-bond donors (Lipinski definition) is 3. The standard InChI is InChI=1S/C24H39NO5/c1-4-6-7-8-10-13-16-20(26)21(27)17-14-11-9-12-15-18-22(28)25-23(24(29)30)19(3)5-2/h6-7,10-11,13-14,19-20,23,26H,4-5,8-9,12,15-18H2,1-3H3,(H,25,28)(H,29,30)/t19-,20?,23-/m0/s1. The molecule has 6 heteroatoms. The van der Waals surface area contributed by atoms with Gasteiger partial charge < -0.3 is 15.5 Å². The van der Waals surface area contributed by atoms with Gasteiger partial charge in [-0.05, 0) is 44.4 Å². The lowest BCUT2D eigenvalue weighted by Crippen LogP contribution is -2.44. The summed E-state index contributed by atoms with van der Waals surface area (Å²) in [4.78, 5) is 35.0. The predicted molar refractivity (Wildman–Crippen MR) is 120 cm³/mol. The normalized spacial score (nSPS) is 14.9. The number of carbonyl (C=O) groups is 3. The van der Waals surface area contributed by atoms with E-state index in [1.165, 1.54) is 0 Å². The Kier molecular flexibility index (Phi) is 16.3. The van der Waals surface area contributed by atoms with E-state index in [-0.39, 0.29) is 30.4 Å². The monoisotopic (exact) mass is 421 g/mol. The van der Waals surface area contributed by atoms with E-state index in [2.05, 4.69) is 18.3 Å². The van der Waals surface area contributed by atoms with Crippen molar-refractivity contribution in [3.8, 4) is 0 Å². The Hall–Kier alpha value is -2.21. The zero-order valence-corrected chi connectivity index (χ0v) is 18.7. The van der Waals surface area contributed by atoms with Crippen LogP contribution in [0, 0.1) is 5.92 Å². The molecule has 0 spiro atoms. The van der Waals surface area contributed by atoms with E-state index in [4.69, 9.17) is 0 Å². The highest BCUT2D eigenvalue weighted by Gasteiger charge is 2.24. The van der Waals surface area contributed by atoms with Gasteiger partial charge in [-0.2, -0.15) is 0 Å². The molecule has 0 aliphatic rings. The summed E-state index contributed by atoms with van der Waals surface area (Å²) < 4.78 is 0. The highest BCUT2D eigenvalue weighted by Crippen LogP contribution is 2.09. The Bertz CT molecular complexity index is 594. The molecule has 30 heavy (non-hydrogen) atoms. The topological polar surface area (TPSA) is 104 Å². The van der Waals surface area contributed by atoms with Crippen molar-refractivity contribution in [1.82, 2.24) is 5.32 Å². The third-order valence-corrected chi connectivity index (χ3v) is 4.88. The fraction of sp³-hybridized carbons (Fsp3) is 0.625. The zero-order chi connectivity index (χ0) is 22.8. The minimum atomic E-state index is -1.00. The largest absolute Gasteiger partial charge is 0.480 e. The number of unbranched alkanes of at least 4 members (excludes halogenated alkanes) is 2. The molecule has 6 nitrogen and oxygen atoms in total. The van der Waals surface area contributed by atoms with E-state index in [9.17, 15) is 24.6 Å². The van der Waals surface area contributed by atoms with Crippen LogP contribution in [0.2, 0.25) is 0 Å².